The molecule has 1 aliphatic heterocycles. The third kappa shape index (κ3) is 5.61. The van der Waals surface area contributed by atoms with Crippen molar-refractivity contribution in [2.75, 3.05) is 13.7 Å². The molecule has 0 unspecified atom stereocenters. The number of allylic oxidation sites excluding steroid dienone is 1. The minimum absolute atomic E-state index is 0.0865. The minimum Gasteiger partial charge on any atom is -0.496 e. The first-order valence-corrected chi connectivity index (χ1v) is 16.1. The van der Waals surface area contributed by atoms with E-state index < -0.39 is 35.0 Å². The lowest BCUT2D eigenvalue weighted by molar-refractivity contribution is -0.140. The lowest BCUT2D eigenvalue weighted by Crippen LogP contribution is -2.41. The van der Waals surface area contributed by atoms with Gasteiger partial charge in [-0.3, -0.25) is 9.36 Å². The molecule has 248 valence electrons. The molecule has 0 aliphatic carbocycles. The van der Waals surface area contributed by atoms with Gasteiger partial charge in [-0.2, -0.15) is 13.2 Å². The molecule has 0 bridgehead atoms. The highest BCUT2D eigenvalue weighted by atomic mass is 32.1. The Morgan fingerprint density at radius 1 is 0.980 bits per heavy atom. The molecule has 0 amide bonds. The van der Waals surface area contributed by atoms with Gasteiger partial charge in [-0.05, 0) is 42.0 Å². The number of halogens is 4. The van der Waals surface area contributed by atoms with Crippen molar-refractivity contribution >= 4 is 45.1 Å². The Morgan fingerprint density at radius 2 is 1.69 bits per heavy atom. The van der Waals surface area contributed by atoms with Crippen LogP contribution in [0.15, 0.2) is 112 Å². The van der Waals surface area contributed by atoms with Crippen LogP contribution in [0.4, 0.5) is 17.6 Å². The van der Waals surface area contributed by atoms with Crippen molar-refractivity contribution in [1.82, 2.24) is 9.13 Å². The highest BCUT2D eigenvalue weighted by molar-refractivity contribution is 7.07. The molecule has 1 atom stereocenters. The standard InChI is InChI=1S/C37H27F4N3O4S/c1-3-48-35(46)31-32(30-25-13-6-4-10-21(25)16-17-28(30)47-2)44-34(45)29(49-36(44)42-33(31)37(39,40)41)18-23-20-43(27-15-9-7-12-24(23)27)19-22-11-5-8-14-26(22)38/h4-18,20,32H,3,19H2,1-2H3/b29-18-/t32-/m0/s1. The number of benzene rings is 4. The largest absolute Gasteiger partial charge is 0.496 e. The van der Waals surface area contributed by atoms with Crippen LogP contribution in [-0.4, -0.2) is 35.0 Å². The highest BCUT2D eigenvalue weighted by Gasteiger charge is 2.46. The molecule has 0 N–H and O–H groups in total. The van der Waals surface area contributed by atoms with Gasteiger partial charge in [0.1, 0.15) is 17.6 Å². The van der Waals surface area contributed by atoms with E-state index in [9.17, 15) is 27.2 Å². The molecule has 7 nitrogen and oxygen atoms in total. The third-order valence-corrected chi connectivity index (χ3v) is 9.41. The molecular weight excluding hydrogens is 658 g/mol. The van der Waals surface area contributed by atoms with Crippen molar-refractivity contribution in [1.29, 1.82) is 0 Å². The molecule has 4 aromatic carbocycles. The van der Waals surface area contributed by atoms with Gasteiger partial charge in [-0.25, -0.2) is 14.2 Å². The maximum atomic E-state index is 14.8. The Morgan fingerprint density at radius 3 is 2.43 bits per heavy atom. The molecule has 0 spiro atoms. The van der Waals surface area contributed by atoms with Gasteiger partial charge in [0, 0.05) is 33.8 Å². The number of aromatic nitrogens is 2. The second-order valence-corrected chi connectivity index (χ2v) is 12.3. The van der Waals surface area contributed by atoms with Crippen LogP contribution in [0.5, 0.6) is 5.75 Å². The Kier molecular flexibility index (Phi) is 8.19. The van der Waals surface area contributed by atoms with E-state index in [0.717, 1.165) is 26.8 Å². The van der Waals surface area contributed by atoms with Crippen LogP contribution in [0.25, 0.3) is 27.8 Å². The van der Waals surface area contributed by atoms with Crippen molar-refractivity contribution in [2.45, 2.75) is 25.7 Å². The number of methoxy groups -OCH3 is 1. The summed E-state index contributed by atoms with van der Waals surface area (Å²) in [6, 6.07) is 22.5. The molecule has 7 rings (SSSR count). The van der Waals surface area contributed by atoms with Gasteiger partial charge < -0.3 is 14.0 Å². The van der Waals surface area contributed by atoms with E-state index in [1.807, 2.05) is 28.8 Å². The van der Waals surface area contributed by atoms with Crippen LogP contribution in [0.2, 0.25) is 0 Å². The monoisotopic (exact) mass is 685 g/mol. The number of rotatable bonds is 7. The number of alkyl halides is 3. The number of para-hydroxylation sites is 1. The molecule has 3 heterocycles. The zero-order valence-corrected chi connectivity index (χ0v) is 26.9. The Hall–Kier alpha value is -5.49. The van der Waals surface area contributed by atoms with Crippen molar-refractivity contribution in [2.24, 2.45) is 4.99 Å². The summed E-state index contributed by atoms with van der Waals surface area (Å²) >= 11 is 0.777. The SMILES string of the molecule is CCOC(=O)C1=C(C(F)(F)F)N=c2s/c(=C\c3cn(Cc4ccccc4F)c4ccccc34)c(=O)n2[C@H]1c1c(OC)ccc2ccccc12. The predicted octanol–water partition coefficient (Wildman–Crippen LogP) is 6.64. The number of hydrogen-bond acceptors (Lipinski definition) is 6. The van der Waals surface area contributed by atoms with Gasteiger partial charge in [0.15, 0.2) is 10.5 Å². The summed E-state index contributed by atoms with van der Waals surface area (Å²) < 4.78 is 72.8. The fraction of sp³-hybridized carbons (Fsp3) is 0.162. The van der Waals surface area contributed by atoms with E-state index in [-0.39, 0.29) is 39.6 Å². The molecule has 0 fully saturated rings. The van der Waals surface area contributed by atoms with Crippen LogP contribution < -0.4 is 19.6 Å². The van der Waals surface area contributed by atoms with Crippen LogP contribution in [0.3, 0.4) is 0 Å². The Labute approximate surface area is 280 Å². The first-order valence-electron chi connectivity index (χ1n) is 15.3. The Balaban J connectivity index is 1.51. The molecule has 0 saturated heterocycles. The number of carbonyl (C=O) groups is 1. The number of nitrogens with zero attached hydrogens (tertiary/aromatic N) is 3. The zero-order chi connectivity index (χ0) is 34.4. The molecule has 12 heteroatoms. The molecule has 6 aromatic rings. The molecule has 0 radical (unpaired) electrons. The summed E-state index contributed by atoms with van der Waals surface area (Å²) in [4.78, 5) is 31.6. The Bertz CT molecular complexity index is 2490. The number of esters is 1. The number of ether oxygens (including phenoxy) is 2. The summed E-state index contributed by atoms with van der Waals surface area (Å²) in [6.07, 6.45) is -1.71. The van der Waals surface area contributed by atoms with Gasteiger partial charge in [0.25, 0.3) is 5.56 Å². The minimum atomic E-state index is -5.06. The number of carbonyl (C=O) groups excluding carboxylic acids is 1. The topological polar surface area (TPSA) is 74.8 Å². The second-order valence-electron chi connectivity index (χ2n) is 11.3. The van der Waals surface area contributed by atoms with Crippen molar-refractivity contribution in [3.05, 3.63) is 145 Å². The van der Waals surface area contributed by atoms with E-state index in [0.29, 0.717) is 21.9 Å². The molecule has 2 aromatic heterocycles. The molecule has 0 saturated carbocycles. The van der Waals surface area contributed by atoms with Crippen molar-refractivity contribution < 1.29 is 31.8 Å². The predicted molar refractivity (Wildman–Crippen MR) is 179 cm³/mol. The first kappa shape index (κ1) is 32.1. The summed E-state index contributed by atoms with van der Waals surface area (Å²) in [7, 11) is 1.37. The fourth-order valence-corrected chi connectivity index (χ4v) is 7.31. The summed E-state index contributed by atoms with van der Waals surface area (Å²) in [5.74, 6) is -1.43. The lowest BCUT2D eigenvalue weighted by Gasteiger charge is -2.28. The van der Waals surface area contributed by atoms with E-state index in [4.69, 9.17) is 9.47 Å². The summed E-state index contributed by atoms with van der Waals surface area (Å²) in [6.45, 7) is 1.49. The fourth-order valence-electron chi connectivity index (χ4n) is 6.32. The summed E-state index contributed by atoms with van der Waals surface area (Å²) in [5, 5.41) is 1.90. The van der Waals surface area contributed by atoms with Gasteiger partial charge in [0.2, 0.25) is 0 Å². The number of fused-ring (bicyclic) bond motifs is 3. The molecular formula is C37H27F4N3O4S. The van der Waals surface area contributed by atoms with Crippen LogP contribution in [-0.2, 0) is 16.1 Å². The average Bonchev–Trinajstić information content (AvgIpc) is 3.60. The van der Waals surface area contributed by atoms with Crippen LogP contribution in [0, 0.1) is 5.82 Å². The molecule has 1 aliphatic rings. The first-order chi connectivity index (χ1) is 23.6. The average molecular weight is 686 g/mol. The van der Waals surface area contributed by atoms with Crippen LogP contribution >= 0.6 is 11.3 Å². The van der Waals surface area contributed by atoms with E-state index >= 15 is 0 Å². The molecule has 49 heavy (non-hydrogen) atoms. The highest BCUT2D eigenvalue weighted by Crippen LogP contribution is 2.43. The normalized spacial score (nSPS) is 15.1. The third-order valence-electron chi connectivity index (χ3n) is 8.42. The number of thiazole rings is 1. The van der Waals surface area contributed by atoms with Crippen molar-refractivity contribution in [3.8, 4) is 5.75 Å². The summed E-state index contributed by atoms with van der Waals surface area (Å²) in [5.41, 5.74) is -0.898. The number of hydrogen-bond donors (Lipinski definition) is 0. The van der Waals surface area contributed by atoms with Crippen molar-refractivity contribution in [3.63, 3.8) is 0 Å². The maximum Gasteiger partial charge on any atom is 0.434 e. The quantitative estimate of drug-likeness (QED) is 0.140. The second kappa shape index (κ2) is 12.5. The van der Waals surface area contributed by atoms with Gasteiger partial charge in [-0.1, -0.05) is 78.1 Å². The van der Waals surface area contributed by atoms with E-state index in [1.54, 1.807) is 66.9 Å². The van der Waals surface area contributed by atoms with E-state index in [2.05, 4.69) is 4.99 Å². The van der Waals surface area contributed by atoms with Crippen LogP contribution in [0.1, 0.15) is 29.7 Å². The van der Waals surface area contributed by atoms with E-state index in [1.165, 1.54) is 20.1 Å². The maximum absolute atomic E-state index is 14.8. The lowest BCUT2D eigenvalue weighted by atomic mass is 9.90. The van der Waals surface area contributed by atoms with Gasteiger partial charge >= 0.3 is 12.1 Å². The smallest absolute Gasteiger partial charge is 0.434 e. The van der Waals surface area contributed by atoms with Gasteiger partial charge in [-0.15, -0.1) is 0 Å². The van der Waals surface area contributed by atoms with Gasteiger partial charge in [0.05, 0.1) is 30.4 Å². The zero-order valence-electron chi connectivity index (χ0n) is 26.1.